The van der Waals surface area contributed by atoms with Gasteiger partial charge in [0.15, 0.2) is 0 Å². The summed E-state index contributed by atoms with van der Waals surface area (Å²) in [7, 11) is 0. The zero-order valence-corrected chi connectivity index (χ0v) is 17.1. The summed E-state index contributed by atoms with van der Waals surface area (Å²) in [5.74, 6) is 0. The average Bonchev–Trinajstić information content (AvgIpc) is 3.09. The quantitative estimate of drug-likeness (QED) is 0.211. The van der Waals surface area contributed by atoms with E-state index in [0.717, 1.165) is 4.47 Å². The van der Waals surface area contributed by atoms with Crippen LogP contribution in [0.4, 0.5) is 0 Å². The molecular formula is C28H15Br. The molecule has 29 heavy (non-hydrogen) atoms. The molecular weight excluding hydrogens is 416 g/mol. The van der Waals surface area contributed by atoms with Crippen molar-refractivity contribution >= 4 is 59.0 Å². The Balaban J connectivity index is 1.75. The third kappa shape index (κ3) is 1.93. The van der Waals surface area contributed by atoms with E-state index >= 15 is 0 Å². The van der Waals surface area contributed by atoms with Gasteiger partial charge in [-0.25, -0.2) is 0 Å². The normalized spacial score (nSPS) is 12.3. The molecule has 0 unspecified atom stereocenters. The summed E-state index contributed by atoms with van der Waals surface area (Å²) in [5.41, 5.74) is 5.37. The third-order valence-corrected chi connectivity index (χ3v) is 7.14. The molecule has 0 N–H and O–H groups in total. The largest absolute Gasteiger partial charge is 0.0616 e. The van der Waals surface area contributed by atoms with Crippen LogP contribution in [0.5, 0.6) is 0 Å². The predicted octanol–water partition coefficient (Wildman–Crippen LogP) is 8.71. The van der Waals surface area contributed by atoms with Gasteiger partial charge in [-0.15, -0.1) is 0 Å². The molecule has 0 amide bonds. The van der Waals surface area contributed by atoms with Gasteiger partial charge in [0.2, 0.25) is 0 Å². The molecule has 0 heterocycles. The van der Waals surface area contributed by atoms with Crippen molar-refractivity contribution in [3.05, 3.63) is 95.5 Å². The molecule has 6 aromatic carbocycles. The maximum atomic E-state index is 3.75. The fraction of sp³-hybridized carbons (Fsp3) is 0. The molecule has 0 saturated heterocycles. The minimum Gasteiger partial charge on any atom is -0.0616 e. The standard InChI is InChI=1S/C28H15Br/c29-27-13-12-21-26-15-24-19-9-4-2-7-17(19)16-6-1-3-8-18(16)23(24)14-25(26)20-10-5-11-22(27)28(20)21/h1-15H. The van der Waals surface area contributed by atoms with Gasteiger partial charge in [0, 0.05) is 4.47 Å². The fourth-order valence-corrected chi connectivity index (χ4v) is 5.68. The summed E-state index contributed by atoms with van der Waals surface area (Å²) in [6.45, 7) is 0. The monoisotopic (exact) mass is 430 g/mol. The highest BCUT2D eigenvalue weighted by molar-refractivity contribution is 9.10. The summed E-state index contributed by atoms with van der Waals surface area (Å²) in [6.07, 6.45) is 0. The number of hydrogen-bond donors (Lipinski definition) is 0. The first-order chi connectivity index (χ1) is 14.3. The van der Waals surface area contributed by atoms with E-state index in [1.54, 1.807) is 0 Å². The molecule has 0 saturated carbocycles. The Morgan fingerprint density at radius 1 is 0.379 bits per heavy atom. The van der Waals surface area contributed by atoms with Crippen LogP contribution in [0.2, 0.25) is 0 Å². The van der Waals surface area contributed by atoms with E-state index in [1.807, 2.05) is 0 Å². The number of hydrogen-bond acceptors (Lipinski definition) is 0. The summed E-state index contributed by atoms with van der Waals surface area (Å²) in [4.78, 5) is 0. The van der Waals surface area contributed by atoms with Crippen molar-refractivity contribution in [1.82, 2.24) is 0 Å². The van der Waals surface area contributed by atoms with Crippen molar-refractivity contribution in [3.8, 4) is 22.3 Å². The minimum atomic E-state index is 1.16. The van der Waals surface area contributed by atoms with Gasteiger partial charge >= 0.3 is 0 Å². The third-order valence-electron chi connectivity index (χ3n) is 6.45. The van der Waals surface area contributed by atoms with Crippen molar-refractivity contribution in [3.63, 3.8) is 0 Å². The van der Waals surface area contributed by atoms with Crippen LogP contribution in [0.3, 0.4) is 0 Å². The van der Waals surface area contributed by atoms with Crippen LogP contribution in [0.25, 0.3) is 65.3 Å². The smallest absolute Gasteiger partial charge is 0.0254 e. The lowest BCUT2D eigenvalue weighted by Gasteiger charge is -2.13. The van der Waals surface area contributed by atoms with Crippen molar-refractivity contribution in [2.75, 3.05) is 0 Å². The van der Waals surface area contributed by atoms with E-state index in [-0.39, 0.29) is 0 Å². The van der Waals surface area contributed by atoms with Crippen molar-refractivity contribution in [2.24, 2.45) is 0 Å². The first-order valence-electron chi connectivity index (χ1n) is 9.90. The second-order valence-corrected chi connectivity index (χ2v) is 8.71. The molecule has 0 spiro atoms. The van der Waals surface area contributed by atoms with Gasteiger partial charge in [-0.1, -0.05) is 88.7 Å². The summed E-state index contributed by atoms with van der Waals surface area (Å²) >= 11 is 3.75. The first kappa shape index (κ1) is 15.7. The molecule has 1 aliphatic carbocycles. The van der Waals surface area contributed by atoms with Gasteiger partial charge < -0.3 is 0 Å². The van der Waals surface area contributed by atoms with Crippen LogP contribution in [0.1, 0.15) is 0 Å². The second-order valence-electron chi connectivity index (χ2n) is 7.86. The molecule has 0 radical (unpaired) electrons. The highest BCUT2D eigenvalue weighted by Crippen LogP contribution is 2.51. The predicted molar refractivity (Wildman–Crippen MR) is 129 cm³/mol. The first-order valence-corrected chi connectivity index (χ1v) is 10.7. The number of benzene rings is 6. The Bertz CT molecular complexity index is 1570. The van der Waals surface area contributed by atoms with E-state index < -0.39 is 0 Å². The van der Waals surface area contributed by atoms with Gasteiger partial charge in [0.1, 0.15) is 0 Å². The number of fused-ring (bicyclic) bond motifs is 9. The molecule has 0 nitrogen and oxygen atoms in total. The van der Waals surface area contributed by atoms with E-state index in [1.165, 1.54) is 65.3 Å². The summed E-state index contributed by atoms with van der Waals surface area (Å²) < 4.78 is 1.16. The Labute approximate surface area is 176 Å². The van der Waals surface area contributed by atoms with Gasteiger partial charge in [0.25, 0.3) is 0 Å². The lowest BCUT2D eigenvalue weighted by molar-refractivity contribution is 1.73. The SMILES string of the molecule is Brc1ccc2c3c(cccc13)-c1cc3c4ccccc4c4ccccc4c3cc1-2. The molecule has 6 aromatic rings. The molecule has 7 rings (SSSR count). The zero-order valence-electron chi connectivity index (χ0n) is 15.5. The lowest BCUT2D eigenvalue weighted by atomic mass is 9.90. The number of rotatable bonds is 0. The van der Waals surface area contributed by atoms with Crippen LogP contribution in [-0.4, -0.2) is 0 Å². The van der Waals surface area contributed by atoms with Crippen LogP contribution in [0, 0.1) is 0 Å². The Morgan fingerprint density at radius 2 is 0.862 bits per heavy atom. The molecule has 0 bridgehead atoms. The number of halogens is 1. The maximum absolute atomic E-state index is 3.75. The zero-order chi connectivity index (χ0) is 19.1. The molecule has 0 atom stereocenters. The average molecular weight is 431 g/mol. The van der Waals surface area contributed by atoms with E-state index in [4.69, 9.17) is 0 Å². The molecule has 0 aromatic heterocycles. The molecule has 134 valence electrons. The maximum Gasteiger partial charge on any atom is 0.0254 e. The van der Waals surface area contributed by atoms with Crippen molar-refractivity contribution < 1.29 is 0 Å². The molecule has 1 aliphatic rings. The van der Waals surface area contributed by atoms with E-state index in [0.29, 0.717) is 0 Å². The Hall–Kier alpha value is -3.16. The van der Waals surface area contributed by atoms with Crippen LogP contribution >= 0.6 is 15.9 Å². The molecule has 0 fully saturated rings. The van der Waals surface area contributed by atoms with Crippen LogP contribution < -0.4 is 0 Å². The van der Waals surface area contributed by atoms with Crippen molar-refractivity contribution in [1.29, 1.82) is 0 Å². The lowest BCUT2D eigenvalue weighted by Crippen LogP contribution is -1.85. The Kier molecular flexibility index (Phi) is 2.96. The fourth-order valence-electron chi connectivity index (χ4n) is 5.22. The van der Waals surface area contributed by atoms with E-state index in [9.17, 15) is 0 Å². The van der Waals surface area contributed by atoms with Gasteiger partial charge in [-0.3, -0.25) is 0 Å². The highest BCUT2D eigenvalue weighted by Gasteiger charge is 2.23. The Morgan fingerprint density at radius 3 is 1.45 bits per heavy atom. The van der Waals surface area contributed by atoms with Crippen molar-refractivity contribution in [2.45, 2.75) is 0 Å². The summed E-state index contributed by atoms with van der Waals surface area (Å²) in [5, 5.41) is 10.6. The molecule has 1 heteroatoms. The minimum absolute atomic E-state index is 1.16. The molecule has 0 aliphatic heterocycles. The second kappa shape index (κ2) is 5.46. The van der Waals surface area contributed by atoms with Crippen LogP contribution in [0.15, 0.2) is 95.5 Å². The van der Waals surface area contributed by atoms with Gasteiger partial charge in [0.05, 0.1) is 0 Å². The van der Waals surface area contributed by atoms with E-state index in [2.05, 4.69) is 107 Å². The van der Waals surface area contributed by atoms with Gasteiger partial charge in [-0.2, -0.15) is 0 Å². The van der Waals surface area contributed by atoms with Crippen LogP contribution in [-0.2, 0) is 0 Å². The highest BCUT2D eigenvalue weighted by atomic mass is 79.9. The summed E-state index contributed by atoms with van der Waals surface area (Å²) in [6, 6.07) is 33.5. The topological polar surface area (TPSA) is 0 Å². The van der Waals surface area contributed by atoms with Gasteiger partial charge in [-0.05, 0) is 83.5 Å².